The SMILES string of the molecule is c1cc(-c2ccc(NCC3CCCNC3)cc2)[nH]n1. The summed E-state index contributed by atoms with van der Waals surface area (Å²) in [4.78, 5) is 0. The topological polar surface area (TPSA) is 52.7 Å². The molecule has 0 bridgehead atoms. The molecule has 19 heavy (non-hydrogen) atoms. The van der Waals surface area contributed by atoms with Gasteiger partial charge in [-0.25, -0.2) is 0 Å². The van der Waals surface area contributed by atoms with Gasteiger partial charge < -0.3 is 10.6 Å². The maximum Gasteiger partial charge on any atom is 0.0650 e. The standard InChI is InChI=1S/C15H20N4/c1-2-12(10-16-8-1)11-17-14-5-3-13(4-6-14)15-7-9-18-19-15/h3-7,9,12,16-17H,1-2,8,10-11H2,(H,18,19). The van der Waals surface area contributed by atoms with Gasteiger partial charge in [-0.05, 0) is 55.6 Å². The molecule has 3 N–H and O–H groups in total. The molecule has 3 rings (SSSR count). The molecule has 1 aliphatic rings. The van der Waals surface area contributed by atoms with Gasteiger partial charge in [0.1, 0.15) is 0 Å². The van der Waals surface area contributed by atoms with Crippen molar-refractivity contribution in [3.05, 3.63) is 36.5 Å². The van der Waals surface area contributed by atoms with Crippen LogP contribution in [0.2, 0.25) is 0 Å². The van der Waals surface area contributed by atoms with Crippen molar-refractivity contribution in [3.63, 3.8) is 0 Å². The molecular formula is C15H20N4. The first-order valence-electron chi connectivity index (χ1n) is 6.96. The van der Waals surface area contributed by atoms with E-state index in [1.807, 2.05) is 6.07 Å². The minimum Gasteiger partial charge on any atom is -0.385 e. The average molecular weight is 256 g/mol. The van der Waals surface area contributed by atoms with Crippen LogP contribution in [0.1, 0.15) is 12.8 Å². The molecule has 4 heteroatoms. The molecule has 1 unspecified atom stereocenters. The highest BCUT2D eigenvalue weighted by Gasteiger charge is 2.12. The van der Waals surface area contributed by atoms with Crippen molar-refractivity contribution >= 4 is 5.69 Å². The Morgan fingerprint density at radius 2 is 2.11 bits per heavy atom. The lowest BCUT2D eigenvalue weighted by molar-refractivity contribution is 0.393. The minimum absolute atomic E-state index is 0.751. The summed E-state index contributed by atoms with van der Waals surface area (Å²) in [5.41, 5.74) is 3.42. The number of H-pyrrole nitrogens is 1. The zero-order valence-corrected chi connectivity index (χ0v) is 11.0. The Morgan fingerprint density at radius 3 is 2.79 bits per heavy atom. The predicted molar refractivity (Wildman–Crippen MR) is 78.1 cm³/mol. The largest absolute Gasteiger partial charge is 0.385 e. The van der Waals surface area contributed by atoms with E-state index in [9.17, 15) is 0 Å². The van der Waals surface area contributed by atoms with Gasteiger partial charge >= 0.3 is 0 Å². The molecule has 1 aromatic carbocycles. The Bertz CT molecular complexity index is 483. The lowest BCUT2D eigenvalue weighted by Gasteiger charge is -2.23. The van der Waals surface area contributed by atoms with E-state index in [1.165, 1.54) is 30.6 Å². The maximum absolute atomic E-state index is 3.97. The van der Waals surface area contributed by atoms with Crippen molar-refractivity contribution in [1.29, 1.82) is 0 Å². The Kier molecular flexibility index (Phi) is 3.79. The second-order valence-corrected chi connectivity index (χ2v) is 5.14. The summed E-state index contributed by atoms with van der Waals surface area (Å²) in [7, 11) is 0. The summed E-state index contributed by atoms with van der Waals surface area (Å²) in [6.45, 7) is 3.37. The average Bonchev–Trinajstić information content (AvgIpc) is 3.01. The van der Waals surface area contributed by atoms with Crippen LogP contribution in [0.5, 0.6) is 0 Å². The number of aromatic nitrogens is 2. The Morgan fingerprint density at radius 1 is 1.21 bits per heavy atom. The molecule has 2 aromatic rings. The van der Waals surface area contributed by atoms with Crippen molar-refractivity contribution in [2.24, 2.45) is 5.92 Å². The van der Waals surface area contributed by atoms with Gasteiger partial charge in [-0.1, -0.05) is 12.1 Å². The molecule has 1 aliphatic heterocycles. The van der Waals surface area contributed by atoms with E-state index in [4.69, 9.17) is 0 Å². The summed E-state index contributed by atoms with van der Waals surface area (Å²) < 4.78 is 0. The van der Waals surface area contributed by atoms with Crippen molar-refractivity contribution in [2.45, 2.75) is 12.8 Å². The number of hydrogen-bond acceptors (Lipinski definition) is 3. The van der Waals surface area contributed by atoms with Gasteiger partial charge in [0.25, 0.3) is 0 Å². The van der Waals surface area contributed by atoms with Gasteiger partial charge in [-0.15, -0.1) is 0 Å². The van der Waals surface area contributed by atoms with Crippen molar-refractivity contribution in [1.82, 2.24) is 15.5 Å². The highest BCUT2D eigenvalue weighted by molar-refractivity contribution is 5.62. The number of benzene rings is 1. The first-order chi connectivity index (χ1) is 9.42. The molecule has 1 fully saturated rings. The highest BCUT2D eigenvalue weighted by atomic mass is 15.1. The van der Waals surface area contributed by atoms with E-state index < -0.39 is 0 Å². The molecule has 0 saturated carbocycles. The molecule has 4 nitrogen and oxygen atoms in total. The van der Waals surface area contributed by atoms with Crippen molar-refractivity contribution in [2.75, 3.05) is 25.0 Å². The molecule has 0 radical (unpaired) electrons. The number of nitrogens with zero attached hydrogens (tertiary/aromatic N) is 1. The van der Waals surface area contributed by atoms with Crippen LogP contribution in [-0.2, 0) is 0 Å². The number of hydrogen-bond donors (Lipinski definition) is 3. The smallest absolute Gasteiger partial charge is 0.0650 e. The van der Waals surface area contributed by atoms with E-state index in [2.05, 4.69) is 45.1 Å². The number of anilines is 1. The molecule has 0 aliphatic carbocycles. The number of aromatic amines is 1. The molecule has 0 spiro atoms. The summed E-state index contributed by atoms with van der Waals surface area (Å²) in [5, 5.41) is 13.9. The van der Waals surface area contributed by atoms with Crippen LogP contribution in [0, 0.1) is 5.92 Å². The van der Waals surface area contributed by atoms with Crippen LogP contribution < -0.4 is 10.6 Å². The van der Waals surface area contributed by atoms with E-state index in [-0.39, 0.29) is 0 Å². The summed E-state index contributed by atoms with van der Waals surface area (Å²) in [5.74, 6) is 0.751. The fraction of sp³-hybridized carbons (Fsp3) is 0.400. The first-order valence-corrected chi connectivity index (χ1v) is 6.96. The molecule has 100 valence electrons. The normalized spacial score (nSPS) is 19.3. The van der Waals surface area contributed by atoms with Gasteiger partial charge in [0.2, 0.25) is 0 Å². The molecule has 2 heterocycles. The quantitative estimate of drug-likeness (QED) is 0.787. The second kappa shape index (κ2) is 5.89. The van der Waals surface area contributed by atoms with Crippen LogP contribution in [0.4, 0.5) is 5.69 Å². The fourth-order valence-corrected chi connectivity index (χ4v) is 2.54. The van der Waals surface area contributed by atoms with Gasteiger partial charge in [-0.2, -0.15) is 5.10 Å². The third kappa shape index (κ3) is 3.15. The second-order valence-electron chi connectivity index (χ2n) is 5.14. The van der Waals surface area contributed by atoms with Gasteiger partial charge in [0.05, 0.1) is 5.69 Å². The maximum atomic E-state index is 3.97. The van der Waals surface area contributed by atoms with E-state index in [0.29, 0.717) is 0 Å². The zero-order valence-electron chi connectivity index (χ0n) is 11.0. The van der Waals surface area contributed by atoms with E-state index in [0.717, 1.165) is 24.7 Å². The Hall–Kier alpha value is -1.81. The summed E-state index contributed by atoms with van der Waals surface area (Å²) in [6.07, 6.45) is 4.40. The molecule has 1 saturated heterocycles. The highest BCUT2D eigenvalue weighted by Crippen LogP contribution is 2.19. The monoisotopic (exact) mass is 256 g/mol. The lowest BCUT2D eigenvalue weighted by Crippen LogP contribution is -2.33. The summed E-state index contributed by atoms with van der Waals surface area (Å²) in [6, 6.07) is 10.5. The van der Waals surface area contributed by atoms with Crippen LogP contribution in [0.3, 0.4) is 0 Å². The number of piperidine rings is 1. The fourth-order valence-electron chi connectivity index (χ4n) is 2.54. The van der Waals surface area contributed by atoms with E-state index in [1.54, 1.807) is 6.20 Å². The van der Waals surface area contributed by atoms with Gasteiger partial charge in [0, 0.05) is 18.4 Å². The molecule has 1 aromatic heterocycles. The molecular weight excluding hydrogens is 236 g/mol. The lowest BCUT2D eigenvalue weighted by atomic mass is 9.99. The summed E-state index contributed by atoms with van der Waals surface area (Å²) >= 11 is 0. The third-order valence-electron chi connectivity index (χ3n) is 3.69. The number of nitrogens with one attached hydrogen (secondary N) is 3. The first kappa shape index (κ1) is 12.2. The third-order valence-corrected chi connectivity index (χ3v) is 3.69. The van der Waals surface area contributed by atoms with Crippen molar-refractivity contribution < 1.29 is 0 Å². The number of rotatable bonds is 4. The van der Waals surface area contributed by atoms with Gasteiger partial charge in [-0.3, -0.25) is 5.10 Å². The van der Waals surface area contributed by atoms with Crippen LogP contribution in [-0.4, -0.2) is 29.8 Å². The van der Waals surface area contributed by atoms with Crippen LogP contribution >= 0.6 is 0 Å². The molecule has 0 amide bonds. The zero-order chi connectivity index (χ0) is 12.9. The van der Waals surface area contributed by atoms with Crippen LogP contribution in [0.15, 0.2) is 36.5 Å². The van der Waals surface area contributed by atoms with Crippen molar-refractivity contribution in [3.8, 4) is 11.3 Å². The van der Waals surface area contributed by atoms with Crippen LogP contribution in [0.25, 0.3) is 11.3 Å². The van der Waals surface area contributed by atoms with Gasteiger partial charge in [0.15, 0.2) is 0 Å². The minimum atomic E-state index is 0.751. The molecule has 1 atom stereocenters. The van der Waals surface area contributed by atoms with E-state index >= 15 is 0 Å². The Labute approximate surface area is 113 Å². The predicted octanol–water partition coefficient (Wildman–Crippen LogP) is 2.49. The Balaban J connectivity index is 1.57.